The van der Waals surface area contributed by atoms with Crippen LogP contribution in [0.2, 0.25) is 0 Å². The summed E-state index contributed by atoms with van der Waals surface area (Å²) < 4.78 is 0. The quantitative estimate of drug-likeness (QED) is 0.614. The standard InChI is InChI=1S/C11H22N2/c1-4-11(2,3)10-13-9-7-5-6-8-12/h13H,4-7,9-10H2,1-3H3. The second-order valence-corrected chi connectivity index (χ2v) is 4.31. The molecule has 0 atom stereocenters. The van der Waals surface area contributed by atoms with Gasteiger partial charge in [0.15, 0.2) is 0 Å². The van der Waals surface area contributed by atoms with Gasteiger partial charge < -0.3 is 5.32 Å². The highest BCUT2D eigenvalue weighted by molar-refractivity contribution is 4.71. The first-order valence-electron chi connectivity index (χ1n) is 5.20. The van der Waals surface area contributed by atoms with Crippen LogP contribution in [0.1, 0.15) is 46.5 Å². The molecule has 0 aliphatic rings. The van der Waals surface area contributed by atoms with Crippen LogP contribution in [0.3, 0.4) is 0 Å². The molecule has 0 radical (unpaired) electrons. The van der Waals surface area contributed by atoms with E-state index in [-0.39, 0.29) is 0 Å². The van der Waals surface area contributed by atoms with Crippen molar-refractivity contribution in [1.29, 1.82) is 5.26 Å². The molecule has 0 fully saturated rings. The van der Waals surface area contributed by atoms with Crippen molar-refractivity contribution in [3.05, 3.63) is 0 Å². The van der Waals surface area contributed by atoms with Crippen molar-refractivity contribution in [3.63, 3.8) is 0 Å². The minimum atomic E-state index is 0.412. The molecule has 2 nitrogen and oxygen atoms in total. The summed E-state index contributed by atoms with van der Waals surface area (Å²) in [6, 6.07) is 2.16. The van der Waals surface area contributed by atoms with Gasteiger partial charge in [0.05, 0.1) is 6.07 Å². The predicted octanol–water partition coefficient (Wildman–Crippen LogP) is 2.71. The molecule has 0 aliphatic carbocycles. The lowest BCUT2D eigenvalue weighted by molar-refractivity contribution is 0.327. The minimum absolute atomic E-state index is 0.412. The van der Waals surface area contributed by atoms with Gasteiger partial charge >= 0.3 is 0 Å². The fourth-order valence-corrected chi connectivity index (χ4v) is 1.01. The molecule has 1 N–H and O–H groups in total. The van der Waals surface area contributed by atoms with Gasteiger partial charge in [0.2, 0.25) is 0 Å². The summed E-state index contributed by atoms with van der Waals surface area (Å²) in [5, 5.41) is 11.7. The Morgan fingerprint density at radius 2 is 2.00 bits per heavy atom. The highest BCUT2D eigenvalue weighted by Gasteiger charge is 2.13. The van der Waals surface area contributed by atoms with Crippen LogP contribution < -0.4 is 5.32 Å². The summed E-state index contributed by atoms with van der Waals surface area (Å²) in [5.74, 6) is 0. The summed E-state index contributed by atoms with van der Waals surface area (Å²) in [6.07, 6.45) is 4.04. The zero-order chi connectivity index (χ0) is 10.2. The molecule has 0 unspecified atom stereocenters. The van der Waals surface area contributed by atoms with E-state index in [0.29, 0.717) is 11.8 Å². The van der Waals surface area contributed by atoms with E-state index in [2.05, 4.69) is 32.2 Å². The molecule has 0 saturated heterocycles. The first kappa shape index (κ1) is 12.4. The van der Waals surface area contributed by atoms with Gasteiger partial charge in [-0.3, -0.25) is 0 Å². The lowest BCUT2D eigenvalue weighted by Gasteiger charge is -2.22. The molecule has 0 spiro atoms. The summed E-state index contributed by atoms with van der Waals surface area (Å²) in [6.45, 7) is 8.89. The molecular formula is C11H22N2. The Hall–Kier alpha value is -0.550. The second-order valence-electron chi connectivity index (χ2n) is 4.31. The molecule has 76 valence electrons. The van der Waals surface area contributed by atoms with Crippen molar-refractivity contribution in [3.8, 4) is 6.07 Å². The van der Waals surface area contributed by atoms with Gasteiger partial charge in [-0.2, -0.15) is 5.26 Å². The Morgan fingerprint density at radius 3 is 2.54 bits per heavy atom. The lowest BCUT2D eigenvalue weighted by Crippen LogP contribution is -2.29. The maximum absolute atomic E-state index is 8.32. The molecular weight excluding hydrogens is 160 g/mol. The van der Waals surface area contributed by atoms with Gasteiger partial charge in [-0.25, -0.2) is 0 Å². The van der Waals surface area contributed by atoms with Crippen molar-refractivity contribution in [2.45, 2.75) is 46.5 Å². The van der Waals surface area contributed by atoms with Gasteiger partial charge in [-0.05, 0) is 31.2 Å². The topological polar surface area (TPSA) is 35.8 Å². The highest BCUT2D eigenvalue weighted by Crippen LogP contribution is 2.17. The van der Waals surface area contributed by atoms with Crippen LogP contribution in [-0.2, 0) is 0 Å². The van der Waals surface area contributed by atoms with E-state index in [4.69, 9.17) is 5.26 Å². The molecule has 0 bridgehead atoms. The zero-order valence-electron chi connectivity index (χ0n) is 9.19. The van der Waals surface area contributed by atoms with Crippen LogP contribution in [0.25, 0.3) is 0 Å². The van der Waals surface area contributed by atoms with Crippen molar-refractivity contribution < 1.29 is 0 Å². The van der Waals surface area contributed by atoms with Crippen molar-refractivity contribution in [2.24, 2.45) is 5.41 Å². The first-order chi connectivity index (χ1) is 6.12. The number of unbranched alkanes of at least 4 members (excludes halogenated alkanes) is 2. The van der Waals surface area contributed by atoms with Crippen LogP contribution in [-0.4, -0.2) is 13.1 Å². The number of rotatable bonds is 7. The van der Waals surface area contributed by atoms with Crippen molar-refractivity contribution in [2.75, 3.05) is 13.1 Å². The molecule has 0 aliphatic heterocycles. The third-order valence-corrected chi connectivity index (χ3v) is 2.45. The molecule has 0 aromatic carbocycles. The van der Waals surface area contributed by atoms with Gasteiger partial charge in [-0.1, -0.05) is 20.8 Å². The summed E-state index contributed by atoms with van der Waals surface area (Å²) in [7, 11) is 0. The number of nitriles is 1. The Morgan fingerprint density at radius 1 is 1.31 bits per heavy atom. The van der Waals surface area contributed by atoms with Crippen LogP contribution in [0.4, 0.5) is 0 Å². The maximum Gasteiger partial charge on any atom is 0.0621 e. The Kier molecular flexibility index (Phi) is 6.62. The third kappa shape index (κ3) is 7.80. The Labute approximate surface area is 82.3 Å². The fourth-order valence-electron chi connectivity index (χ4n) is 1.01. The largest absolute Gasteiger partial charge is 0.316 e. The average molecular weight is 182 g/mol. The number of hydrogen-bond donors (Lipinski definition) is 1. The first-order valence-corrected chi connectivity index (χ1v) is 5.20. The van der Waals surface area contributed by atoms with Crippen LogP contribution in [0, 0.1) is 16.7 Å². The van der Waals surface area contributed by atoms with Gasteiger partial charge in [0, 0.05) is 13.0 Å². The SMILES string of the molecule is CCC(C)(C)CNCCCCC#N. The van der Waals surface area contributed by atoms with Gasteiger partial charge in [-0.15, -0.1) is 0 Å². The van der Waals surface area contributed by atoms with Crippen LogP contribution in [0.15, 0.2) is 0 Å². The molecule has 0 aromatic rings. The molecule has 0 aromatic heterocycles. The normalized spacial score (nSPS) is 11.2. The summed E-state index contributed by atoms with van der Waals surface area (Å²) >= 11 is 0. The molecule has 2 heteroatoms. The predicted molar refractivity (Wildman–Crippen MR) is 56.4 cm³/mol. The van der Waals surface area contributed by atoms with Crippen LogP contribution in [0.5, 0.6) is 0 Å². The molecule has 0 rings (SSSR count). The summed E-state index contributed by atoms with van der Waals surface area (Å²) in [5.41, 5.74) is 0.412. The van der Waals surface area contributed by atoms with Gasteiger partial charge in [0.1, 0.15) is 0 Å². The second kappa shape index (κ2) is 6.91. The zero-order valence-corrected chi connectivity index (χ0v) is 9.19. The van der Waals surface area contributed by atoms with E-state index < -0.39 is 0 Å². The third-order valence-electron chi connectivity index (χ3n) is 2.45. The van der Waals surface area contributed by atoms with Crippen molar-refractivity contribution in [1.82, 2.24) is 5.32 Å². The monoisotopic (exact) mass is 182 g/mol. The van der Waals surface area contributed by atoms with E-state index in [0.717, 1.165) is 25.9 Å². The highest BCUT2D eigenvalue weighted by atomic mass is 14.9. The van der Waals surface area contributed by atoms with E-state index in [1.54, 1.807) is 0 Å². The molecule has 0 saturated carbocycles. The summed E-state index contributed by atoms with van der Waals surface area (Å²) in [4.78, 5) is 0. The van der Waals surface area contributed by atoms with E-state index in [1.165, 1.54) is 6.42 Å². The van der Waals surface area contributed by atoms with E-state index in [1.807, 2.05) is 0 Å². The number of nitrogens with zero attached hydrogens (tertiary/aromatic N) is 1. The average Bonchev–Trinajstić information content (AvgIpc) is 2.11. The maximum atomic E-state index is 8.32. The van der Waals surface area contributed by atoms with E-state index in [9.17, 15) is 0 Å². The molecule has 0 heterocycles. The molecule has 0 amide bonds. The lowest BCUT2D eigenvalue weighted by atomic mass is 9.90. The molecule has 13 heavy (non-hydrogen) atoms. The van der Waals surface area contributed by atoms with Crippen LogP contribution >= 0.6 is 0 Å². The fraction of sp³-hybridized carbons (Fsp3) is 0.909. The number of nitrogens with one attached hydrogen (secondary N) is 1. The Bertz CT molecular complexity index is 156. The van der Waals surface area contributed by atoms with Crippen molar-refractivity contribution >= 4 is 0 Å². The minimum Gasteiger partial charge on any atom is -0.316 e. The van der Waals surface area contributed by atoms with Gasteiger partial charge in [0.25, 0.3) is 0 Å². The smallest absolute Gasteiger partial charge is 0.0621 e. The van der Waals surface area contributed by atoms with E-state index >= 15 is 0 Å². The Balaban J connectivity index is 3.22. The number of hydrogen-bond acceptors (Lipinski definition) is 2.